The van der Waals surface area contributed by atoms with Crippen molar-refractivity contribution in [2.24, 2.45) is 0 Å². The number of hydrogen-bond acceptors (Lipinski definition) is 6. The molecule has 122 valence electrons. The normalized spacial score (nSPS) is 13.5. The molecule has 0 bridgehead atoms. The van der Waals surface area contributed by atoms with Crippen LogP contribution in [0.5, 0.6) is 0 Å². The highest BCUT2D eigenvalue weighted by atomic mass is 16.6. The minimum absolute atomic E-state index is 0.0300. The van der Waals surface area contributed by atoms with Gasteiger partial charge in [0.25, 0.3) is 0 Å². The minimum Gasteiger partial charge on any atom is -0.459 e. The van der Waals surface area contributed by atoms with E-state index in [4.69, 9.17) is 9.47 Å². The number of carbonyl (C=O) groups excluding carboxylic acids is 3. The summed E-state index contributed by atoms with van der Waals surface area (Å²) in [6.45, 7) is 11.7. The average molecular weight is 301 g/mol. The summed E-state index contributed by atoms with van der Waals surface area (Å²) < 4.78 is 10.4. The highest BCUT2D eigenvalue weighted by Crippen LogP contribution is 2.10. The van der Waals surface area contributed by atoms with E-state index in [1.807, 2.05) is 0 Å². The average Bonchev–Trinajstić information content (AvgIpc) is 2.18. The summed E-state index contributed by atoms with van der Waals surface area (Å²) >= 11 is 0. The van der Waals surface area contributed by atoms with Gasteiger partial charge in [-0.05, 0) is 48.5 Å². The lowest BCUT2D eigenvalue weighted by Crippen LogP contribution is -2.45. The topological polar surface area (TPSA) is 81.7 Å². The first-order valence-electron chi connectivity index (χ1n) is 6.98. The van der Waals surface area contributed by atoms with Crippen molar-refractivity contribution in [1.29, 1.82) is 0 Å². The van der Waals surface area contributed by atoms with Gasteiger partial charge in [0.05, 0.1) is 6.54 Å². The van der Waals surface area contributed by atoms with Crippen molar-refractivity contribution in [3.05, 3.63) is 0 Å². The summed E-state index contributed by atoms with van der Waals surface area (Å²) in [7, 11) is 0. The fourth-order valence-corrected chi connectivity index (χ4v) is 1.48. The minimum atomic E-state index is -0.853. The van der Waals surface area contributed by atoms with Gasteiger partial charge in [0.2, 0.25) is 0 Å². The monoisotopic (exact) mass is 301 g/mol. The van der Waals surface area contributed by atoms with Crippen LogP contribution in [-0.2, 0) is 23.9 Å². The molecule has 6 heteroatoms. The third kappa shape index (κ3) is 11.0. The molecule has 0 aliphatic carbocycles. The molecule has 0 fully saturated rings. The zero-order valence-electron chi connectivity index (χ0n) is 14.0. The van der Waals surface area contributed by atoms with E-state index in [-0.39, 0.29) is 18.7 Å². The molecule has 21 heavy (non-hydrogen) atoms. The Morgan fingerprint density at radius 2 is 1.43 bits per heavy atom. The molecular formula is C15H27NO5. The highest BCUT2D eigenvalue weighted by molar-refractivity contribution is 5.85. The molecule has 0 spiro atoms. The predicted octanol–water partition coefficient (Wildman–Crippen LogP) is 1.61. The second kappa shape index (κ2) is 7.54. The van der Waals surface area contributed by atoms with Crippen LogP contribution in [0, 0.1) is 0 Å². The van der Waals surface area contributed by atoms with Crippen molar-refractivity contribution >= 4 is 17.7 Å². The molecule has 0 radical (unpaired) electrons. The molecule has 1 atom stereocenters. The van der Waals surface area contributed by atoms with Gasteiger partial charge in [-0.15, -0.1) is 0 Å². The van der Waals surface area contributed by atoms with Crippen molar-refractivity contribution in [3.63, 3.8) is 0 Å². The molecule has 0 rings (SSSR count). The van der Waals surface area contributed by atoms with E-state index in [0.717, 1.165) is 0 Å². The molecule has 0 aliphatic heterocycles. The Morgan fingerprint density at radius 1 is 0.952 bits per heavy atom. The van der Waals surface area contributed by atoms with Crippen LogP contribution < -0.4 is 5.32 Å². The van der Waals surface area contributed by atoms with Crippen LogP contribution in [0.3, 0.4) is 0 Å². The number of ketones is 1. The van der Waals surface area contributed by atoms with Crippen LogP contribution in [0.2, 0.25) is 0 Å². The largest absolute Gasteiger partial charge is 0.459 e. The number of ether oxygens (including phenoxy) is 2. The Kier molecular flexibility index (Phi) is 7.03. The van der Waals surface area contributed by atoms with Gasteiger partial charge in [0.15, 0.2) is 0 Å². The van der Waals surface area contributed by atoms with Gasteiger partial charge < -0.3 is 9.47 Å². The fraction of sp³-hybridized carbons (Fsp3) is 0.800. The Balaban J connectivity index is 4.60. The van der Waals surface area contributed by atoms with Crippen molar-refractivity contribution in [3.8, 4) is 0 Å². The summed E-state index contributed by atoms with van der Waals surface area (Å²) in [6, 6.07) is -0.853. The van der Waals surface area contributed by atoms with E-state index in [1.165, 1.54) is 6.92 Å². The summed E-state index contributed by atoms with van der Waals surface area (Å²) in [5.74, 6) is -1.21. The molecule has 0 unspecified atom stereocenters. The molecule has 0 aromatic rings. The molecule has 0 aliphatic rings. The second-order valence-electron chi connectivity index (χ2n) is 6.96. The highest BCUT2D eigenvalue weighted by Gasteiger charge is 2.27. The number of hydrogen-bond donors (Lipinski definition) is 1. The Bertz CT molecular complexity index is 390. The molecule has 6 nitrogen and oxygen atoms in total. The maximum absolute atomic E-state index is 12.0. The molecular weight excluding hydrogens is 274 g/mol. The van der Waals surface area contributed by atoms with E-state index < -0.39 is 29.2 Å². The first kappa shape index (κ1) is 19.6. The number of carbonyl (C=O) groups is 3. The standard InChI is InChI=1S/C15H27NO5/c1-10(17)8-11(13(19)21-15(5,6)7)16-9-12(18)20-14(2,3)4/h11,16H,8-9H2,1-7H3/t11-/m0/s1. The van der Waals surface area contributed by atoms with Gasteiger partial charge in [0.1, 0.15) is 23.0 Å². The SMILES string of the molecule is CC(=O)C[C@H](NCC(=O)OC(C)(C)C)C(=O)OC(C)(C)C. The Morgan fingerprint density at radius 3 is 1.81 bits per heavy atom. The van der Waals surface area contributed by atoms with Crippen molar-refractivity contribution < 1.29 is 23.9 Å². The molecule has 0 heterocycles. The predicted molar refractivity (Wildman–Crippen MR) is 78.8 cm³/mol. The third-order valence-corrected chi connectivity index (χ3v) is 2.10. The lowest BCUT2D eigenvalue weighted by molar-refractivity contribution is -0.159. The van der Waals surface area contributed by atoms with E-state index in [1.54, 1.807) is 41.5 Å². The lowest BCUT2D eigenvalue weighted by Gasteiger charge is -2.24. The first-order valence-corrected chi connectivity index (χ1v) is 6.98. The maximum Gasteiger partial charge on any atom is 0.324 e. The summed E-state index contributed by atoms with van der Waals surface area (Å²) in [5, 5.41) is 2.73. The molecule has 0 saturated carbocycles. The summed E-state index contributed by atoms with van der Waals surface area (Å²) in [5.41, 5.74) is -1.25. The van der Waals surface area contributed by atoms with E-state index >= 15 is 0 Å². The number of nitrogens with one attached hydrogen (secondary N) is 1. The second-order valence-corrected chi connectivity index (χ2v) is 6.96. The third-order valence-electron chi connectivity index (χ3n) is 2.10. The number of esters is 2. The van der Waals surface area contributed by atoms with Crippen LogP contribution in [0.4, 0.5) is 0 Å². The van der Waals surface area contributed by atoms with Crippen LogP contribution in [0.25, 0.3) is 0 Å². The number of Topliss-reactive ketones (excluding diaryl/α,β-unsaturated/α-hetero) is 1. The molecule has 0 amide bonds. The zero-order valence-corrected chi connectivity index (χ0v) is 14.0. The lowest BCUT2D eigenvalue weighted by atomic mass is 10.1. The molecule has 0 saturated heterocycles. The van der Waals surface area contributed by atoms with Gasteiger partial charge >= 0.3 is 11.9 Å². The summed E-state index contributed by atoms with van der Waals surface area (Å²) in [6.07, 6.45) is -0.0300. The fourth-order valence-electron chi connectivity index (χ4n) is 1.48. The van der Waals surface area contributed by atoms with Gasteiger partial charge in [-0.25, -0.2) is 0 Å². The first-order chi connectivity index (χ1) is 9.30. The van der Waals surface area contributed by atoms with E-state index in [2.05, 4.69) is 5.32 Å². The van der Waals surface area contributed by atoms with Crippen LogP contribution >= 0.6 is 0 Å². The van der Waals surface area contributed by atoms with Gasteiger partial charge in [-0.3, -0.25) is 19.7 Å². The van der Waals surface area contributed by atoms with Gasteiger partial charge in [0, 0.05) is 6.42 Å². The molecule has 0 aromatic heterocycles. The van der Waals surface area contributed by atoms with Crippen molar-refractivity contribution in [2.75, 3.05) is 6.54 Å². The summed E-state index contributed by atoms with van der Waals surface area (Å²) in [4.78, 5) is 34.9. The zero-order chi connectivity index (χ0) is 16.8. The van der Waals surface area contributed by atoms with Crippen LogP contribution in [0.1, 0.15) is 54.9 Å². The quantitative estimate of drug-likeness (QED) is 0.751. The molecule has 1 N–H and O–H groups in total. The van der Waals surface area contributed by atoms with Crippen LogP contribution in [0.15, 0.2) is 0 Å². The van der Waals surface area contributed by atoms with Gasteiger partial charge in [-0.2, -0.15) is 0 Å². The van der Waals surface area contributed by atoms with Crippen molar-refractivity contribution in [1.82, 2.24) is 5.32 Å². The van der Waals surface area contributed by atoms with E-state index in [9.17, 15) is 14.4 Å². The van der Waals surface area contributed by atoms with Crippen molar-refractivity contribution in [2.45, 2.75) is 72.1 Å². The van der Waals surface area contributed by atoms with E-state index in [0.29, 0.717) is 0 Å². The van der Waals surface area contributed by atoms with Crippen LogP contribution in [-0.4, -0.2) is 41.5 Å². The van der Waals surface area contributed by atoms with Gasteiger partial charge in [-0.1, -0.05) is 0 Å². The number of rotatable bonds is 6. The Labute approximate surface area is 126 Å². The smallest absolute Gasteiger partial charge is 0.324 e. The molecule has 0 aromatic carbocycles. The Hall–Kier alpha value is -1.43. The maximum atomic E-state index is 12.0.